The quantitative estimate of drug-likeness (QED) is 0.339. The largest absolute Gasteiger partial charge is 0.439 e. The molecule has 0 aliphatic carbocycles. The van der Waals surface area contributed by atoms with Gasteiger partial charge in [-0.1, -0.05) is 66.2 Å². The topological polar surface area (TPSA) is 47.2 Å². The molecule has 31 heavy (non-hydrogen) atoms. The predicted octanol–water partition coefficient (Wildman–Crippen LogP) is 6.70. The molecule has 0 bridgehead atoms. The zero-order valence-electron chi connectivity index (χ0n) is 17.1. The molecule has 4 nitrogen and oxygen atoms in total. The van der Waals surface area contributed by atoms with E-state index in [1.165, 1.54) is 0 Å². The van der Waals surface area contributed by atoms with Crippen LogP contribution in [0.25, 0.3) is 33.0 Å². The zero-order chi connectivity index (χ0) is 21.4. The number of hydrogen-bond donors (Lipinski definition) is 1. The van der Waals surface area contributed by atoms with Gasteiger partial charge in [-0.3, -0.25) is 4.79 Å². The van der Waals surface area contributed by atoms with Crippen molar-refractivity contribution in [3.05, 3.63) is 99.8 Å². The van der Waals surface area contributed by atoms with E-state index >= 15 is 0 Å². The Hall–Kier alpha value is -3.50. The van der Waals surface area contributed by atoms with Crippen molar-refractivity contribution in [2.24, 2.45) is 0 Å². The number of aromatic nitrogens is 1. The van der Waals surface area contributed by atoms with Crippen LogP contribution >= 0.6 is 11.6 Å². The molecular formula is C26H21ClN2O2. The number of fused-ring (bicyclic) bond motifs is 3. The summed E-state index contributed by atoms with van der Waals surface area (Å²) in [5.74, 6) is 0.567. The lowest BCUT2D eigenvalue weighted by Crippen LogP contribution is -2.19. The van der Waals surface area contributed by atoms with Gasteiger partial charge in [0.05, 0.1) is 16.5 Å². The molecule has 0 saturated carbocycles. The fourth-order valence-electron chi connectivity index (χ4n) is 4.11. The van der Waals surface area contributed by atoms with E-state index < -0.39 is 0 Å². The summed E-state index contributed by atoms with van der Waals surface area (Å²) in [5, 5.41) is 5.50. The van der Waals surface area contributed by atoms with Gasteiger partial charge in [-0.2, -0.15) is 0 Å². The van der Waals surface area contributed by atoms with Crippen LogP contribution in [0.15, 0.2) is 88.1 Å². The fourth-order valence-corrected chi connectivity index (χ4v) is 4.30. The number of para-hydroxylation sites is 1. The molecule has 3 aromatic carbocycles. The van der Waals surface area contributed by atoms with Crippen LogP contribution in [0.2, 0.25) is 5.02 Å². The van der Waals surface area contributed by atoms with E-state index in [2.05, 4.69) is 5.32 Å². The summed E-state index contributed by atoms with van der Waals surface area (Å²) in [6, 6.07) is 25.5. The summed E-state index contributed by atoms with van der Waals surface area (Å²) in [6.45, 7) is 3.13. The number of rotatable bonds is 5. The van der Waals surface area contributed by atoms with Gasteiger partial charge in [-0.25, -0.2) is 0 Å². The second-order valence-corrected chi connectivity index (χ2v) is 7.86. The Morgan fingerprint density at radius 3 is 2.52 bits per heavy atom. The molecule has 0 amide bonds. The van der Waals surface area contributed by atoms with Gasteiger partial charge in [0.15, 0.2) is 5.58 Å². The summed E-state index contributed by atoms with van der Waals surface area (Å²) >= 11 is 6.30. The molecule has 2 aromatic heterocycles. The van der Waals surface area contributed by atoms with Crippen LogP contribution in [0.1, 0.15) is 12.5 Å². The lowest BCUT2D eigenvalue weighted by Gasteiger charge is -2.09. The third kappa shape index (κ3) is 3.39. The minimum absolute atomic E-state index is 0.0670. The summed E-state index contributed by atoms with van der Waals surface area (Å²) in [4.78, 5) is 13.6. The van der Waals surface area contributed by atoms with E-state index in [1.807, 2.05) is 85.8 Å². The molecule has 0 aliphatic rings. The van der Waals surface area contributed by atoms with E-state index in [9.17, 15) is 4.79 Å². The molecule has 0 unspecified atom stereocenters. The van der Waals surface area contributed by atoms with Crippen molar-refractivity contribution in [1.82, 2.24) is 4.57 Å². The van der Waals surface area contributed by atoms with Gasteiger partial charge < -0.3 is 14.3 Å². The van der Waals surface area contributed by atoms with Crippen LogP contribution in [-0.4, -0.2) is 4.57 Å². The molecular weight excluding hydrogens is 408 g/mol. The first-order valence-corrected chi connectivity index (χ1v) is 10.7. The van der Waals surface area contributed by atoms with Crippen molar-refractivity contribution in [2.75, 3.05) is 5.32 Å². The highest BCUT2D eigenvalue weighted by atomic mass is 35.5. The van der Waals surface area contributed by atoms with E-state index in [0.29, 0.717) is 35.0 Å². The minimum atomic E-state index is -0.0670. The number of nitrogens with one attached hydrogen (secondary N) is 1. The van der Waals surface area contributed by atoms with Crippen molar-refractivity contribution in [3.63, 3.8) is 0 Å². The molecule has 0 aliphatic heterocycles. The minimum Gasteiger partial charge on any atom is -0.439 e. The first-order chi connectivity index (χ1) is 15.2. The molecule has 0 radical (unpaired) electrons. The van der Waals surface area contributed by atoms with Crippen molar-refractivity contribution in [1.29, 1.82) is 0 Å². The first-order valence-electron chi connectivity index (χ1n) is 10.3. The SMILES string of the molecule is CCn1c(=O)c2c(-c3cccc(Cl)c3)c(NCc3ccccc3)oc2c2ccccc21. The maximum Gasteiger partial charge on any atom is 0.262 e. The number of halogens is 1. The highest BCUT2D eigenvalue weighted by Crippen LogP contribution is 2.40. The molecule has 0 spiro atoms. The van der Waals surface area contributed by atoms with Crippen LogP contribution in [0, 0.1) is 0 Å². The lowest BCUT2D eigenvalue weighted by atomic mass is 10.0. The molecule has 0 saturated heterocycles. The van der Waals surface area contributed by atoms with Crippen molar-refractivity contribution in [3.8, 4) is 11.1 Å². The molecule has 1 N–H and O–H groups in total. The van der Waals surface area contributed by atoms with E-state index in [0.717, 1.165) is 27.6 Å². The molecule has 5 rings (SSSR count). The van der Waals surface area contributed by atoms with E-state index in [4.69, 9.17) is 16.0 Å². The van der Waals surface area contributed by atoms with Gasteiger partial charge in [-0.15, -0.1) is 0 Å². The molecule has 5 aromatic rings. The van der Waals surface area contributed by atoms with Crippen LogP contribution in [-0.2, 0) is 13.1 Å². The lowest BCUT2D eigenvalue weighted by molar-refractivity contribution is 0.629. The number of pyridine rings is 1. The van der Waals surface area contributed by atoms with Gasteiger partial charge in [0.2, 0.25) is 5.88 Å². The van der Waals surface area contributed by atoms with Gasteiger partial charge >= 0.3 is 0 Å². The van der Waals surface area contributed by atoms with Crippen molar-refractivity contribution in [2.45, 2.75) is 20.0 Å². The number of nitrogens with zero attached hydrogens (tertiary/aromatic N) is 1. The van der Waals surface area contributed by atoms with Crippen LogP contribution in [0.5, 0.6) is 0 Å². The number of anilines is 1. The normalized spacial score (nSPS) is 11.3. The maximum absolute atomic E-state index is 13.6. The number of furan rings is 1. The average molecular weight is 429 g/mol. The Labute approximate surface area is 184 Å². The standard InChI is InChI=1S/C26H21ClN2O2/c1-2-29-21-14-7-6-13-20(21)24-23(26(29)30)22(18-11-8-12-19(27)15-18)25(31-24)28-16-17-9-4-3-5-10-17/h3-15,28H,2,16H2,1H3. The summed E-state index contributed by atoms with van der Waals surface area (Å²) < 4.78 is 8.14. The van der Waals surface area contributed by atoms with E-state index in [-0.39, 0.29) is 5.56 Å². The fraction of sp³-hybridized carbons (Fsp3) is 0.115. The third-order valence-electron chi connectivity index (χ3n) is 5.53. The average Bonchev–Trinajstić information content (AvgIpc) is 3.19. The Balaban J connectivity index is 1.81. The number of aryl methyl sites for hydroxylation is 1. The van der Waals surface area contributed by atoms with Crippen LogP contribution in [0.4, 0.5) is 5.88 Å². The Kier molecular flexibility index (Phi) is 5.00. The highest BCUT2D eigenvalue weighted by molar-refractivity contribution is 6.31. The second-order valence-electron chi connectivity index (χ2n) is 7.43. The van der Waals surface area contributed by atoms with Gasteiger partial charge in [0.1, 0.15) is 0 Å². The van der Waals surface area contributed by atoms with Crippen LogP contribution < -0.4 is 10.9 Å². The summed E-state index contributed by atoms with van der Waals surface area (Å²) in [6.07, 6.45) is 0. The van der Waals surface area contributed by atoms with E-state index in [1.54, 1.807) is 4.57 Å². The van der Waals surface area contributed by atoms with Gasteiger partial charge in [-0.05, 0) is 42.3 Å². The number of benzene rings is 3. The zero-order valence-corrected chi connectivity index (χ0v) is 17.8. The van der Waals surface area contributed by atoms with Crippen molar-refractivity contribution >= 4 is 39.4 Å². The monoisotopic (exact) mass is 428 g/mol. The second kappa shape index (κ2) is 7.97. The predicted molar refractivity (Wildman–Crippen MR) is 128 cm³/mol. The Bertz CT molecular complexity index is 1450. The van der Waals surface area contributed by atoms with Crippen LogP contribution in [0.3, 0.4) is 0 Å². The maximum atomic E-state index is 13.6. The van der Waals surface area contributed by atoms with Gasteiger partial charge in [0, 0.05) is 23.5 Å². The molecule has 2 heterocycles. The highest BCUT2D eigenvalue weighted by Gasteiger charge is 2.23. The van der Waals surface area contributed by atoms with Crippen molar-refractivity contribution < 1.29 is 4.42 Å². The Morgan fingerprint density at radius 2 is 1.74 bits per heavy atom. The number of hydrogen-bond acceptors (Lipinski definition) is 3. The van der Waals surface area contributed by atoms with Gasteiger partial charge in [0.25, 0.3) is 5.56 Å². The smallest absolute Gasteiger partial charge is 0.262 e. The first kappa shape index (κ1) is 19.5. The summed E-state index contributed by atoms with van der Waals surface area (Å²) in [7, 11) is 0. The third-order valence-corrected chi connectivity index (χ3v) is 5.77. The summed E-state index contributed by atoms with van der Waals surface area (Å²) in [5.41, 5.74) is 4.10. The molecule has 0 atom stereocenters. The molecule has 154 valence electrons. The Morgan fingerprint density at radius 1 is 0.968 bits per heavy atom. The molecule has 0 fully saturated rings. The molecule has 5 heteroatoms.